The van der Waals surface area contributed by atoms with Gasteiger partial charge in [-0.05, 0) is 61.7 Å². The molecule has 0 radical (unpaired) electrons. The summed E-state index contributed by atoms with van der Waals surface area (Å²) < 4.78 is 4.69. The molecule has 3 rings (SSSR count). The maximum Gasteiger partial charge on any atom is 0.337 e. The van der Waals surface area contributed by atoms with E-state index in [2.05, 4.69) is 46.1 Å². The third-order valence-corrected chi connectivity index (χ3v) is 5.11. The summed E-state index contributed by atoms with van der Waals surface area (Å²) >= 11 is 0. The molecule has 1 heterocycles. The smallest absolute Gasteiger partial charge is 0.337 e. The van der Waals surface area contributed by atoms with E-state index in [0.717, 1.165) is 32.5 Å². The Labute approximate surface area is 160 Å². The van der Waals surface area contributed by atoms with Crippen molar-refractivity contribution in [2.75, 3.05) is 25.5 Å². The lowest BCUT2D eigenvalue weighted by molar-refractivity contribution is -0.121. The van der Waals surface area contributed by atoms with E-state index in [1.54, 1.807) is 24.3 Å². The molecule has 1 aliphatic rings. The molecular formula is C22H26N2O3. The number of anilines is 1. The molecule has 0 saturated carbocycles. The van der Waals surface area contributed by atoms with Gasteiger partial charge < -0.3 is 10.1 Å². The van der Waals surface area contributed by atoms with Crippen LogP contribution < -0.4 is 5.32 Å². The van der Waals surface area contributed by atoms with Crippen molar-refractivity contribution in [3.8, 4) is 0 Å². The Morgan fingerprint density at radius 1 is 1.15 bits per heavy atom. The number of rotatable bonds is 5. The van der Waals surface area contributed by atoms with Crippen LogP contribution in [0.25, 0.3) is 0 Å². The molecule has 1 atom stereocenters. The number of benzene rings is 2. The largest absolute Gasteiger partial charge is 0.465 e. The fourth-order valence-electron chi connectivity index (χ4n) is 3.49. The topological polar surface area (TPSA) is 58.6 Å². The van der Waals surface area contributed by atoms with Crippen molar-refractivity contribution in [3.05, 3.63) is 65.2 Å². The van der Waals surface area contributed by atoms with Gasteiger partial charge in [-0.2, -0.15) is 0 Å². The first kappa shape index (κ1) is 19.1. The van der Waals surface area contributed by atoms with E-state index >= 15 is 0 Å². The fraction of sp³-hybridized carbons (Fsp3) is 0.364. The van der Waals surface area contributed by atoms with E-state index in [4.69, 9.17) is 0 Å². The van der Waals surface area contributed by atoms with Gasteiger partial charge in [0.15, 0.2) is 0 Å². The number of carbonyl (C=O) groups is 2. The normalized spacial score (nSPS) is 17.3. The number of carbonyl (C=O) groups excluding carboxylic acids is 2. The van der Waals surface area contributed by atoms with Crippen LogP contribution in [-0.4, -0.2) is 37.0 Å². The number of nitrogens with zero attached hydrogens (tertiary/aromatic N) is 1. The summed E-state index contributed by atoms with van der Waals surface area (Å²) in [5, 5.41) is 2.97. The van der Waals surface area contributed by atoms with Crippen LogP contribution >= 0.6 is 0 Å². The number of hydrogen-bond acceptors (Lipinski definition) is 4. The lowest BCUT2D eigenvalue weighted by Crippen LogP contribution is -2.40. The predicted molar refractivity (Wildman–Crippen MR) is 106 cm³/mol. The molecule has 142 valence electrons. The number of methoxy groups -OCH3 is 1. The van der Waals surface area contributed by atoms with Crippen LogP contribution in [0.5, 0.6) is 0 Å². The maximum atomic E-state index is 12.7. The zero-order valence-corrected chi connectivity index (χ0v) is 15.9. The molecule has 0 aromatic heterocycles. The molecule has 5 heteroatoms. The highest BCUT2D eigenvalue weighted by Gasteiger charge is 2.26. The average Bonchev–Trinajstić information content (AvgIpc) is 2.70. The van der Waals surface area contributed by atoms with Gasteiger partial charge in [-0.25, -0.2) is 4.79 Å². The molecule has 1 unspecified atom stereocenters. The van der Waals surface area contributed by atoms with Crippen LogP contribution in [0.3, 0.4) is 0 Å². The van der Waals surface area contributed by atoms with Crippen molar-refractivity contribution in [1.82, 2.24) is 4.90 Å². The molecule has 1 amide bonds. The van der Waals surface area contributed by atoms with E-state index in [-0.39, 0.29) is 17.8 Å². The molecule has 1 saturated heterocycles. The monoisotopic (exact) mass is 366 g/mol. The van der Waals surface area contributed by atoms with Crippen molar-refractivity contribution < 1.29 is 14.3 Å². The summed E-state index contributed by atoms with van der Waals surface area (Å²) in [5.74, 6) is -0.370. The fourth-order valence-corrected chi connectivity index (χ4v) is 3.49. The van der Waals surface area contributed by atoms with Gasteiger partial charge in [-0.1, -0.05) is 24.3 Å². The summed E-state index contributed by atoms with van der Waals surface area (Å²) in [6.07, 6.45) is 1.92. The van der Waals surface area contributed by atoms with Crippen molar-refractivity contribution in [1.29, 1.82) is 0 Å². The standard InChI is InChI=1S/C22H26N2O3/c1-16-6-3-4-7-18(16)14-24-13-5-8-19(15-24)21(25)23-20-11-9-17(10-12-20)22(26)27-2/h3-4,6-7,9-12,19H,5,8,13-15H2,1-2H3,(H,23,25). The Balaban J connectivity index is 1.58. The van der Waals surface area contributed by atoms with Crippen LogP contribution in [0.2, 0.25) is 0 Å². The van der Waals surface area contributed by atoms with Gasteiger partial charge in [0.1, 0.15) is 0 Å². The number of esters is 1. The van der Waals surface area contributed by atoms with E-state index in [0.29, 0.717) is 11.3 Å². The van der Waals surface area contributed by atoms with Crippen molar-refractivity contribution >= 4 is 17.6 Å². The Kier molecular flexibility index (Phi) is 6.24. The highest BCUT2D eigenvalue weighted by molar-refractivity contribution is 5.94. The summed E-state index contributed by atoms with van der Waals surface area (Å²) in [6, 6.07) is 15.2. The Morgan fingerprint density at radius 2 is 1.89 bits per heavy atom. The lowest BCUT2D eigenvalue weighted by Gasteiger charge is -2.32. The molecule has 0 spiro atoms. The van der Waals surface area contributed by atoms with Gasteiger partial charge in [0, 0.05) is 18.8 Å². The minimum absolute atomic E-state index is 0.0250. The predicted octanol–water partition coefficient (Wildman–Crippen LogP) is 3.63. The number of ether oxygens (including phenoxy) is 1. The van der Waals surface area contributed by atoms with Gasteiger partial charge in [0.2, 0.25) is 5.91 Å². The lowest BCUT2D eigenvalue weighted by atomic mass is 9.96. The van der Waals surface area contributed by atoms with Gasteiger partial charge in [-0.3, -0.25) is 9.69 Å². The second-order valence-corrected chi connectivity index (χ2v) is 7.06. The van der Waals surface area contributed by atoms with Crippen molar-refractivity contribution in [2.24, 2.45) is 5.92 Å². The molecule has 0 bridgehead atoms. The number of aryl methyl sites for hydroxylation is 1. The summed E-state index contributed by atoms with van der Waals surface area (Å²) in [5.41, 5.74) is 3.77. The van der Waals surface area contributed by atoms with Gasteiger partial charge >= 0.3 is 5.97 Å². The first-order chi connectivity index (χ1) is 13.1. The van der Waals surface area contributed by atoms with E-state index in [1.165, 1.54) is 18.2 Å². The average molecular weight is 366 g/mol. The Hall–Kier alpha value is -2.66. The first-order valence-corrected chi connectivity index (χ1v) is 9.33. The number of nitrogens with one attached hydrogen (secondary N) is 1. The first-order valence-electron chi connectivity index (χ1n) is 9.33. The Morgan fingerprint density at radius 3 is 2.59 bits per heavy atom. The number of likely N-dealkylation sites (tertiary alicyclic amines) is 1. The SMILES string of the molecule is COC(=O)c1ccc(NC(=O)C2CCCN(Cc3ccccc3C)C2)cc1. The number of hydrogen-bond donors (Lipinski definition) is 1. The van der Waals surface area contributed by atoms with Crippen LogP contribution in [0.15, 0.2) is 48.5 Å². The molecule has 1 aliphatic heterocycles. The second kappa shape index (κ2) is 8.82. The highest BCUT2D eigenvalue weighted by atomic mass is 16.5. The van der Waals surface area contributed by atoms with E-state index in [9.17, 15) is 9.59 Å². The zero-order chi connectivity index (χ0) is 19.2. The maximum absolute atomic E-state index is 12.7. The minimum atomic E-state index is -0.382. The molecule has 5 nitrogen and oxygen atoms in total. The van der Waals surface area contributed by atoms with Crippen LogP contribution in [0, 0.1) is 12.8 Å². The van der Waals surface area contributed by atoms with E-state index < -0.39 is 0 Å². The molecule has 1 fully saturated rings. The number of amides is 1. The Bertz CT molecular complexity index is 801. The van der Waals surface area contributed by atoms with Crippen molar-refractivity contribution in [3.63, 3.8) is 0 Å². The number of piperidine rings is 1. The van der Waals surface area contributed by atoms with Gasteiger partial charge in [0.05, 0.1) is 18.6 Å². The second-order valence-electron chi connectivity index (χ2n) is 7.06. The van der Waals surface area contributed by atoms with Crippen LogP contribution in [0.1, 0.15) is 34.3 Å². The molecule has 0 aliphatic carbocycles. The summed E-state index contributed by atoms with van der Waals surface area (Å²) in [7, 11) is 1.35. The molecule has 2 aromatic carbocycles. The zero-order valence-electron chi connectivity index (χ0n) is 15.9. The van der Waals surface area contributed by atoms with Gasteiger partial charge in [0.25, 0.3) is 0 Å². The molecule has 27 heavy (non-hydrogen) atoms. The highest BCUT2D eigenvalue weighted by Crippen LogP contribution is 2.21. The van der Waals surface area contributed by atoms with E-state index in [1.807, 2.05) is 0 Å². The third kappa shape index (κ3) is 4.95. The van der Waals surface area contributed by atoms with Crippen LogP contribution in [-0.2, 0) is 16.1 Å². The quantitative estimate of drug-likeness (QED) is 0.821. The summed E-state index contributed by atoms with van der Waals surface area (Å²) in [4.78, 5) is 26.5. The van der Waals surface area contributed by atoms with Gasteiger partial charge in [-0.15, -0.1) is 0 Å². The van der Waals surface area contributed by atoms with Crippen LogP contribution in [0.4, 0.5) is 5.69 Å². The van der Waals surface area contributed by atoms with Crippen molar-refractivity contribution in [2.45, 2.75) is 26.3 Å². The molecular weight excluding hydrogens is 340 g/mol. The third-order valence-electron chi connectivity index (χ3n) is 5.11. The minimum Gasteiger partial charge on any atom is -0.465 e. The summed E-state index contributed by atoms with van der Waals surface area (Å²) in [6.45, 7) is 4.79. The molecule has 2 aromatic rings. The molecule has 1 N–H and O–H groups in total.